The lowest BCUT2D eigenvalue weighted by Gasteiger charge is -2.25. The second-order valence-corrected chi connectivity index (χ2v) is 7.78. The van der Waals surface area contributed by atoms with E-state index in [1.165, 1.54) is 6.92 Å². The van der Waals surface area contributed by atoms with Crippen LogP contribution in [0.2, 0.25) is 0 Å². The molecule has 7 nitrogen and oxygen atoms in total. The second kappa shape index (κ2) is 9.78. The standard InChI is InChI=1S/C23H33N5O2/c1-6-27(7-2)22-16(3)23(25-15-24-22)28-13-12-21(14-28)30-20-10-8-19(9-11-20)17(4)26-18(5)29/h8-11,15,17,21H,6-7,12-14H2,1-5H3,(H,26,29)/t17-,21+/m0/s1. The number of carbonyl (C=O) groups is 1. The van der Waals surface area contributed by atoms with Gasteiger partial charge in [-0.05, 0) is 45.4 Å². The van der Waals surface area contributed by atoms with E-state index in [0.717, 1.165) is 61.1 Å². The summed E-state index contributed by atoms with van der Waals surface area (Å²) >= 11 is 0. The highest BCUT2D eigenvalue weighted by atomic mass is 16.5. The molecule has 1 aliphatic rings. The van der Waals surface area contributed by atoms with Gasteiger partial charge in [-0.1, -0.05) is 12.1 Å². The van der Waals surface area contributed by atoms with Crippen LogP contribution in [0.25, 0.3) is 0 Å². The molecule has 2 aromatic rings. The van der Waals surface area contributed by atoms with Crippen molar-refractivity contribution in [1.29, 1.82) is 0 Å². The predicted octanol–water partition coefficient (Wildman–Crippen LogP) is 3.49. The minimum atomic E-state index is -0.0296. The van der Waals surface area contributed by atoms with Crippen molar-refractivity contribution in [3.05, 3.63) is 41.7 Å². The van der Waals surface area contributed by atoms with Crippen molar-refractivity contribution >= 4 is 17.5 Å². The molecule has 1 aromatic carbocycles. The number of hydrogen-bond donors (Lipinski definition) is 1. The lowest BCUT2D eigenvalue weighted by Crippen LogP contribution is -2.28. The number of rotatable bonds is 8. The van der Waals surface area contributed by atoms with Crippen molar-refractivity contribution in [3.8, 4) is 5.75 Å². The van der Waals surface area contributed by atoms with Gasteiger partial charge in [-0.15, -0.1) is 0 Å². The summed E-state index contributed by atoms with van der Waals surface area (Å²) in [4.78, 5) is 24.9. The zero-order valence-corrected chi connectivity index (χ0v) is 18.7. The van der Waals surface area contributed by atoms with E-state index in [9.17, 15) is 4.79 Å². The van der Waals surface area contributed by atoms with Gasteiger partial charge in [0.2, 0.25) is 5.91 Å². The van der Waals surface area contributed by atoms with Crippen LogP contribution >= 0.6 is 0 Å². The summed E-state index contributed by atoms with van der Waals surface area (Å²) in [6.45, 7) is 13.5. The lowest BCUT2D eigenvalue weighted by atomic mass is 10.1. The molecule has 0 radical (unpaired) electrons. The Morgan fingerprint density at radius 3 is 2.60 bits per heavy atom. The Balaban J connectivity index is 1.64. The molecule has 162 valence electrons. The summed E-state index contributed by atoms with van der Waals surface area (Å²) in [6.07, 6.45) is 2.74. The van der Waals surface area contributed by atoms with Crippen molar-refractivity contribution in [3.63, 3.8) is 0 Å². The summed E-state index contributed by atoms with van der Waals surface area (Å²) in [6, 6.07) is 7.95. The van der Waals surface area contributed by atoms with Crippen LogP contribution in [0.3, 0.4) is 0 Å². The average molecular weight is 412 g/mol. The molecule has 1 N–H and O–H groups in total. The molecule has 0 saturated carbocycles. The first-order valence-corrected chi connectivity index (χ1v) is 10.8. The lowest BCUT2D eigenvalue weighted by molar-refractivity contribution is -0.119. The first kappa shape index (κ1) is 21.9. The largest absolute Gasteiger partial charge is 0.489 e. The van der Waals surface area contributed by atoms with Crippen LogP contribution in [0.15, 0.2) is 30.6 Å². The molecular formula is C23H33N5O2. The number of carbonyl (C=O) groups excluding carboxylic acids is 1. The topological polar surface area (TPSA) is 70.6 Å². The number of hydrogen-bond acceptors (Lipinski definition) is 6. The Bertz CT molecular complexity index is 851. The van der Waals surface area contributed by atoms with E-state index >= 15 is 0 Å². The molecule has 2 heterocycles. The maximum Gasteiger partial charge on any atom is 0.217 e. The molecule has 1 amide bonds. The molecule has 1 aliphatic heterocycles. The van der Waals surface area contributed by atoms with Gasteiger partial charge in [0.1, 0.15) is 29.8 Å². The molecule has 1 fully saturated rings. The van der Waals surface area contributed by atoms with Crippen LogP contribution in [0.5, 0.6) is 5.75 Å². The van der Waals surface area contributed by atoms with Crippen LogP contribution in [0.1, 0.15) is 51.3 Å². The Kier molecular flexibility index (Phi) is 7.13. The first-order valence-electron chi connectivity index (χ1n) is 10.8. The third-order valence-corrected chi connectivity index (χ3v) is 5.64. The fourth-order valence-corrected chi connectivity index (χ4v) is 4.03. The Labute approximate surface area is 179 Å². The van der Waals surface area contributed by atoms with Gasteiger partial charge in [-0.25, -0.2) is 9.97 Å². The highest BCUT2D eigenvalue weighted by molar-refractivity contribution is 5.73. The van der Waals surface area contributed by atoms with Crippen molar-refractivity contribution in [2.45, 2.75) is 53.2 Å². The molecular weight excluding hydrogens is 378 g/mol. The van der Waals surface area contributed by atoms with E-state index in [0.29, 0.717) is 0 Å². The van der Waals surface area contributed by atoms with E-state index in [4.69, 9.17) is 4.74 Å². The van der Waals surface area contributed by atoms with E-state index in [1.807, 2.05) is 31.2 Å². The maximum atomic E-state index is 11.2. The van der Waals surface area contributed by atoms with Crippen molar-refractivity contribution in [2.24, 2.45) is 0 Å². The highest BCUT2D eigenvalue weighted by Crippen LogP contribution is 2.29. The zero-order valence-electron chi connectivity index (χ0n) is 18.7. The number of amides is 1. The van der Waals surface area contributed by atoms with Gasteiger partial charge >= 0.3 is 0 Å². The van der Waals surface area contributed by atoms with Gasteiger partial charge in [0, 0.05) is 38.5 Å². The van der Waals surface area contributed by atoms with E-state index < -0.39 is 0 Å². The molecule has 0 aliphatic carbocycles. The summed E-state index contributed by atoms with van der Waals surface area (Å²) in [5, 5.41) is 2.90. The quantitative estimate of drug-likeness (QED) is 0.717. The minimum Gasteiger partial charge on any atom is -0.489 e. The Morgan fingerprint density at radius 1 is 1.27 bits per heavy atom. The molecule has 30 heavy (non-hydrogen) atoms. The smallest absolute Gasteiger partial charge is 0.217 e. The van der Waals surface area contributed by atoms with E-state index in [-0.39, 0.29) is 18.1 Å². The fourth-order valence-electron chi connectivity index (χ4n) is 4.03. The van der Waals surface area contributed by atoms with Crippen LogP contribution < -0.4 is 19.9 Å². The van der Waals surface area contributed by atoms with Gasteiger partial charge in [-0.3, -0.25) is 4.79 Å². The van der Waals surface area contributed by atoms with Gasteiger partial charge in [-0.2, -0.15) is 0 Å². The van der Waals surface area contributed by atoms with Crippen LogP contribution in [-0.4, -0.2) is 48.2 Å². The van der Waals surface area contributed by atoms with Crippen LogP contribution in [0.4, 0.5) is 11.6 Å². The van der Waals surface area contributed by atoms with Crippen LogP contribution in [0, 0.1) is 6.92 Å². The van der Waals surface area contributed by atoms with Crippen molar-refractivity contribution < 1.29 is 9.53 Å². The SMILES string of the molecule is CCN(CC)c1ncnc(N2CC[C@@H](Oc3ccc([C@H](C)NC(C)=O)cc3)C2)c1C. The first-order chi connectivity index (χ1) is 14.4. The summed E-state index contributed by atoms with van der Waals surface area (Å²) < 4.78 is 6.22. The average Bonchev–Trinajstić information content (AvgIpc) is 3.18. The number of aromatic nitrogens is 2. The number of benzene rings is 1. The molecule has 1 aromatic heterocycles. The normalized spacial score (nSPS) is 17.0. The summed E-state index contributed by atoms with van der Waals surface area (Å²) in [7, 11) is 0. The summed E-state index contributed by atoms with van der Waals surface area (Å²) in [5.74, 6) is 2.83. The van der Waals surface area contributed by atoms with E-state index in [1.54, 1.807) is 6.33 Å². The molecule has 2 atom stereocenters. The number of nitrogens with zero attached hydrogens (tertiary/aromatic N) is 4. The minimum absolute atomic E-state index is 0.0146. The van der Waals surface area contributed by atoms with E-state index in [2.05, 4.69) is 45.9 Å². The Hall–Kier alpha value is -2.83. The molecule has 7 heteroatoms. The fraction of sp³-hybridized carbons (Fsp3) is 0.522. The zero-order chi connectivity index (χ0) is 21.7. The van der Waals surface area contributed by atoms with Crippen molar-refractivity contribution in [2.75, 3.05) is 36.0 Å². The van der Waals surface area contributed by atoms with Gasteiger partial charge < -0.3 is 19.9 Å². The number of anilines is 2. The molecule has 0 unspecified atom stereocenters. The third kappa shape index (κ3) is 5.01. The number of nitrogens with one attached hydrogen (secondary N) is 1. The molecule has 1 saturated heterocycles. The van der Waals surface area contributed by atoms with Gasteiger partial charge in [0.05, 0.1) is 12.6 Å². The monoisotopic (exact) mass is 411 g/mol. The molecule has 0 bridgehead atoms. The predicted molar refractivity (Wildman–Crippen MR) is 120 cm³/mol. The molecule has 3 rings (SSSR count). The van der Waals surface area contributed by atoms with Crippen LogP contribution in [-0.2, 0) is 4.79 Å². The highest BCUT2D eigenvalue weighted by Gasteiger charge is 2.27. The van der Waals surface area contributed by atoms with Gasteiger partial charge in [0.15, 0.2) is 0 Å². The maximum absolute atomic E-state index is 11.2. The molecule has 0 spiro atoms. The Morgan fingerprint density at radius 2 is 1.97 bits per heavy atom. The van der Waals surface area contributed by atoms with Gasteiger partial charge in [0.25, 0.3) is 0 Å². The second-order valence-electron chi connectivity index (χ2n) is 7.78. The summed E-state index contributed by atoms with van der Waals surface area (Å²) in [5.41, 5.74) is 2.18. The number of ether oxygens (including phenoxy) is 1. The van der Waals surface area contributed by atoms with Crippen molar-refractivity contribution in [1.82, 2.24) is 15.3 Å². The third-order valence-electron chi connectivity index (χ3n) is 5.64.